The molecule has 1 atom stereocenters. The number of benzene rings is 2. The molecule has 0 fully saturated rings. The first-order valence-electron chi connectivity index (χ1n) is 6.14. The molecule has 0 saturated heterocycles. The first-order valence-corrected chi connectivity index (χ1v) is 6.52. The molecule has 0 aliphatic carbocycles. The summed E-state index contributed by atoms with van der Waals surface area (Å²) in [5.74, 6) is 0. The lowest BCUT2D eigenvalue weighted by Gasteiger charge is -2.29. The fourth-order valence-corrected chi connectivity index (χ4v) is 2.32. The van der Waals surface area contributed by atoms with Crippen LogP contribution in [0, 0.1) is 0 Å². The second kappa shape index (κ2) is 5.55. The minimum atomic E-state index is -0.0497. The first kappa shape index (κ1) is 13.1. The van der Waals surface area contributed by atoms with E-state index >= 15 is 0 Å². The number of nitrogens with two attached hydrogens (primary N) is 1. The van der Waals surface area contributed by atoms with E-state index in [1.54, 1.807) is 0 Å². The van der Waals surface area contributed by atoms with E-state index in [4.69, 9.17) is 17.3 Å². The average Bonchev–Trinajstić information content (AvgIpc) is 2.40. The zero-order chi connectivity index (χ0) is 13.0. The molecule has 18 heavy (non-hydrogen) atoms. The van der Waals surface area contributed by atoms with E-state index in [2.05, 4.69) is 43.3 Å². The monoisotopic (exact) mass is 259 g/mol. The predicted octanol–water partition coefficient (Wildman–Crippen LogP) is 3.80. The van der Waals surface area contributed by atoms with Gasteiger partial charge in [0.05, 0.1) is 0 Å². The van der Waals surface area contributed by atoms with E-state index in [1.165, 1.54) is 11.1 Å². The number of rotatable bonds is 4. The molecule has 2 heteroatoms. The second-order valence-corrected chi connectivity index (χ2v) is 5.37. The maximum atomic E-state index is 5.99. The molecule has 0 heterocycles. The van der Waals surface area contributed by atoms with Crippen LogP contribution in [0.3, 0.4) is 0 Å². The van der Waals surface area contributed by atoms with Crippen LogP contribution in [0.2, 0.25) is 5.02 Å². The molecule has 94 valence electrons. The molecular weight excluding hydrogens is 242 g/mol. The van der Waals surface area contributed by atoms with Crippen molar-refractivity contribution in [2.75, 3.05) is 6.54 Å². The maximum Gasteiger partial charge on any atom is 0.0406 e. The Labute approximate surface area is 114 Å². The summed E-state index contributed by atoms with van der Waals surface area (Å²) in [6.45, 7) is 2.81. The number of hydrogen-bond donors (Lipinski definition) is 1. The Morgan fingerprint density at radius 2 is 1.61 bits per heavy atom. The van der Waals surface area contributed by atoms with Gasteiger partial charge in [0.2, 0.25) is 0 Å². The molecule has 2 aromatic rings. The fourth-order valence-electron chi connectivity index (χ4n) is 2.19. The summed E-state index contributed by atoms with van der Waals surface area (Å²) in [6.07, 6.45) is 0.936. The van der Waals surface area contributed by atoms with Gasteiger partial charge in [-0.3, -0.25) is 0 Å². The molecular formula is C16H18ClN. The first-order chi connectivity index (χ1) is 8.64. The Morgan fingerprint density at radius 3 is 2.17 bits per heavy atom. The van der Waals surface area contributed by atoms with Gasteiger partial charge in [-0.1, -0.05) is 61.0 Å². The average molecular weight is 260 g/mol. The third-order valence-corrected chi connectivity index (χ3v) is 3.68. The Morgan fingerprint density at radius 1 is 1.00 bits per heavy atom. The Balaban J connectivity index is 2.28. The van der Waals surface area contributed by atoms with E-state index in [1.807, 2.05) is 18.2 Å². The summed E-state index contributed by atoms with van der Waals surface area (Å²) in [7, 11) is 0. The zero-order valence-corrected chi connectivity index (χ0v) is 11.3. The van der Waals surface area contributed by atoms with Crippen molar-refractivity contribution in [2.24, 2.45) is 5.73 Å². The van der Waals surface area contributed by atoms with Crippen LogP contribution in [-0.2, 0) is 11.8 Å². The Kier molecular flexibility index (Phi) is 4.05. The maximum absolute atomic E-state index is 5.99. The van der Waals surface area contributed by atoms with Gasteiger partial charge in [0, 0.05) is 17.0 Å². The molecule has 0 aliphatic heterocycles. The highest BCUT2D eigenvalue weighted by molar-refractivity contribution is 6.30. The molecule has 2 N–H and O–H groups in total. The topological polar surface area (TPSA) is 26.0 Å². The van der Waals surface area contributed by atoms with E-state index in [9.17, 15) is 0 Å². The quantitative estimate of drug-likeness (QED) is 0.888. The van der Waals surface area contributed by atoms with Gasteiger partial charge in [-0.2, -0.15) is 0 Å². The van der Waals surface area contributed by atoms with Gasteiger partial charge in [-0.05, 0) is 29.7 Å². The molecule has 2 aromatic carbocycles. The highest BCUT2D eigenvalue weighted by atomic mass is 35.5. The third kappa shape index (κ3) is 2.92. The summed E-state index contributed by atoms with van der Waals surface area (Å²) in [5.41, 5.74) is 8.48. The highest BCUT2D eigenvalue weighted by Gasteiger charge is 2.25. The molecule has 0 aliphatic rings. The van der Waals surface area contributed by atoms with Crippen molar-refractivity contribution in [1.29, 1.82) is 0 Å². The molecule has 0 bridgehead atoms. The molecule has 0 spiro atoms. The van der Waals surface area contributed by atoms with Crippen LogP contribution in [0.1, 0.15) is 18.1 Å². The summed E-state index contributed by atoms with van der Waals surface area (Å²) >= 11 is 5.93. The van der Waals surface area contributed by atoms with Crippen LogP contribution in [0.4, 0.5) is 0 Å². The van der Waals surface area contributed by atoms with E-state index in [-0.39, 0.29) is 5.41 Å². The lowest BCUT2D eigenvalue weighted by atomic mass is 9.77. The third-order valence-electron chi connectivity index (χ3n) is 3.43. The number of halogens is 1. The van der Waals surface area contributed by atoms with Gasteiger partial charge in [0.15, 0.2) is 0 Å². The number of hydrogen-bond acceptors (Lipinski definition) is 1. The lowest BCUT2D eigenvalue weighted by Crippen LogP contribution is -2.34. The molecule has 0 aromatic heterocycles. The predicted molar refractivity (Wildman–Crippen MR) is 78.0 cm³/mol. The smallest absolute Gasteiger partial charge is 0.0406 e. The Bertz CT molecular complexity index is 492. The summed E-state index contributed by atoms with van der Waals surface area (Å²) in [4.78, 5) is 0. The molecule has 1 nitrogen and oxygen atoms in total. The summed E-state index contributed by atoms with van der Waals surface area (Å²) in [5, 5.41) is 0.762. The molecule has 0 saturated carbocycles. The van der Waals surface area contributed by atoms with Gasteiger partial charge >= 0.3 is 0 Å². The second-order valence-electron chi connectivity index (χ2n) is 4.93. The van der Waals surface area contributed by atoms with Crippen molar-refractivity contribution < 1.29 is 0 Å². The van der Waals surface area contributed by atoms with E-state index in [0.717, 1.165) is 11.4 Å². The van der Waals surface area contributed by atoms with Gasteiger partial charge in [0.1, 0.15) is 0 Å². The summed E-state index contributed by atoms with van der Waals surface area (Å²) in [6, 6.07) is 18.4. The highest BCUT2D eigenvalue weighted by Crippen LogP contribution is 2.28. The SMILES string of the molecule is CC(CN)(Cc1ccccc1)c1ccc(Cl)cc1. The lowest BCUT2D eigenvalue weighted by molar-refractivity contribution is 0.481. The molecule has 0 amide bonds. The fraction of sp³-hybridized carbons (Fsp3) is 0.250. The van der Waals surface area contributed by atoms with E-state index in [0.29, 0.717) is 6.54 Å². The minimum Gasteiger partial charge on any atom is -0.330 e. The van der Waals surface area contributed by atoms with Crippen molar-refractivity contribution in [2.45, 2.75) is 18.8 Å². The van der Waals surface area contributed by atoms with Crippen molar-refractivity contribution in [1.82, 2.24) is 0 Å². The van der Waals surface area contributed by atoms with E-state index < -0.39 is 0 Å². The van der Waals surface area contributed by atoms with Crippen LogP contribution in [0.25, 0.3) is 0 Å². The van der Waals surface area contributed by atoms with Crippen molar-refractivity contribution >= 4 is 11.6 Å². The standard InChI is InChI=1S/C16H18ClN/c1-16(12-18,11-13-5-3-2-4-6-13)14-7-9-15(17)10-8-14/h2-10H,11-12,18H2,1H3. The van der Waals surface area contributed by atoms with Gasteiger partial charge < -0.3 is 5.73 Å². The van der Waals surface area contributed by atoms with Gasteiger partial charge in [0.25, 0.3) is 0 Å². The zero-order valence-electron chi connectivity index (χ0n) is 10.6. The van der Waals surface area contributed by atoms with Gasteiger partial charge in [-0.25, -0.2) is 0 Å². The van der Waals surface area contributed by atoms with Gasteiger partial charge in [-0.15, -0.1) is 0 Å². The summed E-state index contributed by atoms with van der Waals surface area (Å²) < 4.78 is 0. The molecule has 2 rings (SSSR count). The van der Waals surface area contributed by atoms with Crippen LogP contribution >= 0.6 is 11.6 Å². The Hall–Kier alpha value is -1.31. The van der Waals surface area contributed by atoms with Crippen LogP contribution in [-0.4, -0.2) is 6.54 Å². The molecule has 0 radical (unpaired) electrons. The van der Waals surface area contributed by atoms with Crippen molar-refractivity contribution in [3.8, 4) is 0 Å². The minimum absolute atomic E-state index is 0.0497. The van der Waals surface area contributed by atoms with Crippen LogP contribution < -0.4 is 5.73 Å². The molecule has 1 unspecified atom stereocenters. The van der Waals surface area contributed by atoms with Crippen molar-refractivity contribution in [3.63, 3.8) is 0 Å². The normalized spacial score (nSPS) is 14.2. The van der Waals surface area contributed by atoms with Crippen molar-refractivity contribution in [3.05, 3.63) is 70.7 Å². The van der Waals surface area contributed by atoms with Crippen LogP contribution in [0.15, 0.2) is 54.6 Å². The van der Waals surface area contributed by atoms with Crippen LogP contribution in [0.5, 0.6) is 0 Å². The largest absolute Gasteiger partial charge is 0.330 e.